The van der Waals surface area contributed by atoms with Gasteiger partial charge in [0.15, 0.2) is 0 Å². The predicted molar refractivity (Wildman–Crippen MR) is 61.7 cm³/mol. The number of hydrogen-bond donors (Lipinski definition) is 2. The number of carbonyl (C=O) groups excluding carboxylic acids is 1. The van der Waals surface area contributed by atoms with Gasteiger partial charge in [-0.15, -0.1) is 0 Å². The average molecular weight is 244 g/mol. The normalized spacial score (nSPS) is 20.6. The molecular weight excluding hydrogens is 224 g/mol. The highest BCUT2D eigenvalue weighted by Crippen LogP contribution is 2.00. The lowest BCUT2D eigenvalue weighted by atomic mass is 10.1. The SMILES string of the molecule is CC(CN1CCOCC1)NC(=O)C(C)C(=O)O. The molecular formula is C11H20N2O4. The van der Waals surface area contributed by atoms with Gasteiger partial charge in [-0.2, -0.15) is 0 Å². The minimum atomic E-state index is -1.10. The zero-order valence-electron chi connectivity index (χ0n) is 10.3. The molecule has 1 amide bonds. The summed E-state index contributed by atoms with van der Waals surface area (Å²) in [4.78, 5) is 24.3. The number of carboxylic acids is 1. The summed E-state index contributed by atoms with van der Waals surface area (Å²) in [6.45, 7) is 7.13. The lowest BCUT2D eigenvalue weighted by Gasteiger charge is -2.29. The molecule has 1 aliphatic heterocycles. The Labute approximate surface area is 101 Å². The largest absolute Gasteiger partial charge is 0.481 e. The van der Waals surface area contributed by atoms with Crippen LogP contribution in [0, 0.1) is 5.92 Å². The minimum absolute atomic E-state index is 0.0533. The number of morpholine rings is 1. The first-order valence-electron chi connectivity index (χ1n) is 5.84. The van der Waals surface area contributed by atoms with Gasteiger partial charge in [0.2, 0.25) is 5.91 Å². The molecule has 2 atom stereocenters. The van der Waals surface area contributed by atoms with Crippen molar-refractivity contribution in [1.82, 2.24) is 10.2 Å². The number of ether oxygens (including phenoxy) is 1. The lowest BCUT2D eigenvalue weighted by molar-refractivity contribution is -0.146. The van der Waals surface area contributed by atoms with Crippen molar-refractivity contribution < 1.29 is 19.4 Å². The Hall–Kier alpha value is -1.14. The van der Waals surface area contributed by atoms with Crippen molar-refractivity contribution in [2.24, 2.45) is 5.92 Å². The highest BCUT2D eigenvalue weighted by Gasteiger charge is 2.22. The van der Waals surface area contributed by atoms with E-state index in [0.29, 0.717) is 13.2 Å². The number of amides is 1. The van der Waals surface area contributed by atoms with Crippen molar-refractivity contribution in [3.63, 3.8) is 0 Å². The minimum Gasteiger partial charge on any atom is -0.481 e. The van der Waals surface area contributed by atoms with Gasteiger partial charge < -0.3 is 15.2 Å². The molecule has 17 heavy (non-hydrogen) atoms. The van der Waals surface area contributed by atoms with E-state index in [0.717, 1.165) is 19.6 Å². The summed E-state index contributed by atoms with van der Waals surface area (Å²) in [5.74, 6) is -2.53. The van der Waals surface area contributed by atoms with Crippen LogP contribution in [-0.2, 0) is 14.3 Å². The Bertz CT molecular complexity index is 277. The molecule has 0 aromatic carbocycles. The summed E-state index contributed by atoms with van der Waals surface area (Å²) in [6.07, 6.45) is 0. The van der Waals surface area contributed by atoms with Crippen LogP contribution in [0.1, 0.15) is 13.8 Å². The molecule has 98 valence electrons. The number of aliphatic carboxylic acids is 1. The van der Waals surface area contributed by atoms with Crippen LogP contribution in [0.5, 0.6) is 0 Å². The van der Waals surface area contributed by atoms with E-state index < -0.39 is 17.8 Å². The molecule has 6 nitrogen and oxygen atoms in total. The van der Waals surface area contributed by atoms with E-state index in [4.69, 9.17) is 9.84 Å². The molecule has 0 aromatic heterocycles. The molecule has 2 unspecified atom stereocenters. The van der Waals surface area contributed by atoms with E-state index in [1.165, 1.54) is 6.92 Å². The van der Waals surface area contributed by atoms with Gasteiger partial charge in [-0.25, -0.2) is 0 Å². The Morgan fingerprint density at radius 2 is 1.94 bits per heavy atom. The van der Waals surface area contributed by atoms with Gasteiger partial charge >= 0.3 is 5.97 Å². The summed E-state index contributed by atoms with van der Waals surface area (Å²) < 4.78 is 5.23. The van der Waals surface area contributed by atoms with Gasteiger partial charge in [0, 0.05) is 25.7 Å². The first-order chi connectivity index (χ1) is 8.00. The Kier molecular flexibility index (Phi) is 5.37. The summed E-state index contributed by atoms with van der Waals surface area (Å²) in [5.41, 5.74) is 0. The van der Waals surface area contributed by atoms with E-state index in [-0.39, 0.29) is 6.04 Å². The maximum absolute atomic E-state index is 11.5. The maximum atomic E-state index is 11.5. The molecule has 1 saturated heterocycles. The second-order valence-corrected chi connectivity index (χ2v) is 4.38. The van der Waals surface area contributed by atoms with E-state index in [2.05, 4.69) is 10.2 Å². The van der Waals surface area contributed by atoms with Gasteiger partial charge in [-0.3, -0.25) is 14.5 Å². The molecule has 1 heterocycles. The number of carboxylic acid groups (broad SMARTS) is 1. The van der Waals surface area contributed by atoms with Crippen LogP contribution in [0.25, 0.3) is 0 Å². The van der Waals surface area contributed by atoms with Crippen molar-refractivity contribution in [2.75, 3.05) is 32.8 Å². The third-order valence-corrected chi connectivity index (χ3v) is 2.79. The Morgan fingerprint density at radius 1 is 1.35 bits per heavy atom. The van der Waals surface area contributed by atoms with Gasteiger partial charge in [0.05, 0.1) is 13.2 Å². The highest BCUT2D eigenvalue weighted by atomic mass is 16.5. The fraction of sp³-hybridized carbons (Fsp3) is 0.818. The van der Waals surface area contributed by atoms with Crippen LogP contribution in [0.2, 0.25) is 0 Å². The van der Waals surface area contributed by atoms with Crippen LogP contribution in [0.4, 0.5) is 0 Å². The van der Waals surface area contributed by atoms with Gasteiger partial charge in [0.1, 0.15) is 5.92 Å². The number of hydrogen-bond acceptors (Lipinski definition) is 4. The van der Waals surface area contributed by atoms with E-state index in [1.807, 2.05) is 6.92 Å². The van der Waals surface area contributed by atoms with Gasteiger partial charge in [-0.05, 0) is 13.8 Å². The summed E-state index contributed by atoms with van der Waals surface area (Å²) >= 11 is 0. The summed E-state index contributed by atoms with van der Waals surface area (Å²) in [7, 11) is 0. The lowest BCUT2D eigenvalue weighted by Crippen LogP contribution is -2.47. The highest BCUT2D eigenvalue weighted by molar-refractivity contribution is 5.96. The van der Waals surface area contributed by atoms with Crippen LogP contribution in [0.15, 0.2) is 0 Å². The molecule has 1 rings (SSSR count). The first kappa shape index (κ1) is 13.9. The van der Waals surface area contributed by atoms with E-state index >= 15 is 0 Å². The second-order valence-electron chi connectivity index (χ2n) is 4.38. The standard InChI is InChI=1S/C11H20N2O4/c1-8(7-13-3-5-17-6-4-13)12-10(14)9(2)11(15)16/h8-9H,3-7H2,1-2H3,(H,12,14)(H,15,16). The first-order valence-corrected chi connectivity index (χ1v) is 5.84. The molecule has 1 fully saturated rings. The van der Waals surface area contributed by atoms with Crippen LogP contribution >= 0.6 is 0 Å². The molecule has 2 N–H and O–H groups in total. The molecule has 0 radical (unpaired) electrons. The Balaban J connectivity index is 2.30. The van der Waals surface area contributed by atoms with E-state index in [1.54, 1.807) is 0 Å². The third kappa shape index (κ3) is 4.70. The quantitative estimate of drug-likeness (QED) is 0.640. The van der Waals surface area contributed by atoms with E-state index in [9.17, 15) is 9.59 Å². The van der Waals surface area contributed by atoms with Crippen molar-refractivity contribution in [1.29, 1.82) is 0 Å². The van der Waals surface area contributed by atoms with Crippen molar-refractivity contribution >= 4 is 11.9 Å². The zero-order chi connectivity index (χ0) is 12.8. The molecule has 0 spiro atoms. The topological polar surface area (TPSA) is 78.9 Å². The number of nitrogens with zero attached hydrogens (tertiary/aromatic N) is 1. The molecule has 1 aliphatic rings. The van der Waals surface area contributed by atoms with Gasteiger partial charge in [0.25, 0.3) is 0 Å². The molecule has 0 saturated carbocycles. The number of carbonyl (C=O) groups is 2. The molecule has 0 aliphatic carbocycles. The van der Waals surface area contributed by atoms with Crippen LogP contribution in [-0.4, -0.2) is 60.8 Å². The second kappa shape index (κ2) is 6.56. The van der Waals surface area contributed by atoms with Crippen molar-refractivity contribution in [3.05, 3.63) is 0 Å². The molecule has 6 heteroatoms. The fourth-order valence-corrected chi connectivity index (χ4v) is 1.70. The van der Waals surface area contributed by atoms with Crippen molar-refractivity contribution in [3.8, 4) is 0 Å². The monoisotopic (exact) mass is 244 g/mol. The third-order valence-electron chi connectivity index (χ3n) is 2.79. The predicted octanol–water partition coefficient (Wildman–Crippen LogP) is -0.456. The van der Waals surface area contributed by atoms with Gasteiger partial charge in [-0.1, -0.05) is 0 Å². The zero-order valence-corrected chi connectivity index (χ0v) is 10.3. The van der Waals surface area contributed by atoms with Crippen LogP contribution < -0.4 is 5.32 Å². The van der Waals surface area contributed by atoms with Crippen molar-refractivity contribution in [2.45, 2.75) is 19.9 Å². The molecule has 0 aromatic rings. The van der Waals surface area contributed by atoms with Crippen LogP contribution in [0.3, 0.4) is 0 Å². The molecule has 0 bridgehead atoms. The summed E-state index contributed by atoms with van der Waals surface area (Å²) in [5, 5.41) is 11.4. The average Bonchev–Trinajstić information content (AvgIpc) is 2.28. The smallest absolute Gasteiger partial charge is 0.315 e. The summed E-state index contributed by atoms with van der Waals surface area (Å²) in [6, 6.07) is -0.0533. The Morgan fingerprint density at radius 3 is 2.47 bits per heavy atom. The number of nitrogens with one attached hydrogen (secondary N) is 1. The number of rotatable bonds is 5. The maximum Gasteiger partial charge on any atom is 0.315 e. The fourth-order valence-electron chi connectivity index (χ4n) is 1.70.